The quantitative estimate of drug-likeness (QED) is 0.766. The second kappa shape index (κ2) is 9.26. The van der Waals surface area contributed by atoms with Gasteiger partial charge in [-0.15, -0.1) is 0 Å². The Bertz CT molecular complexity index is 465. The Hall–Kier alpha value is -0.810. The Labute approximate surface area is 136 Å². The Morgan fingerprint density at radius 3 is 2.48 bits per heavy atom. The van der Waals surface area contributed by atoms with Crippen molar-refractivity contribution in [1.29, 1.82) is 0 Å². The van der Waals surface area contributed by atoms with Gasteiger partial charge in [0.25, 0.3) is 0 Å². The van der Waals surface area contributed by atoms with Crippen molar-refractivity contribution in [2.24, 2.45) is 0 Å². The van der Waals surface area contributed by atoms with E-state index >= 15 is 0 Å². The molecule has 1 aromatic rings. The number of nitrogens with zero attached hydrogens (tertiary/aromatic N) is 1. The Morgan fingerprint density at radius 1 is 1.29 bits per heavy atom. The van der Waals surface area contributed by atoms with Crippen molar-refractivity contribution in [3.8, 4) is 0 Å². The summed E-state index contributed by atoms with van der Waals surface area (Å²) in [6.45, 7) is 4.93. The number of nitrogens with one attached hydrogen (secondary N) is 1. The summed E-state index contributed by atoms with van der Waals surface area (Å²) in [5.74, 6) is -0.131. The van der Waals surface area contributed by atoms with Crippen molar-refractivity contribution in [1.82, 2.24) is 4.90 Å². The number of hydrogen-bond acceptors (Lipinski definition) is 3. The summed E-state index contributed by atoms with van der Waals surface area (Å²) in [6, 6.07) is 5.26. The second-order valence-corrected chi connectivity index (χ2v) is 5.66. The second-order valence-electron chi connectivity index (χ2n) is 4.84. The highest BCUT2D eigenvalue weighted by Crippen LogP contribution is 2.25. The van der Waals surface area contributed by atoms with Gasteiger partial charge in [-0.05, 0) is 31.0 Å². The van der Waals surface area contributed by atoms with Crippen LogP contribution in [0.2, 0.25) is 10.0 Å². The lowest BCUT2D eigenvalue weighted by molar-refractivity contribution is -0.118. The lowest BCUT2D eigenvalue weighted by Gasteiger charge is -2.29. The number of aliphatic hydroxyl groups excluding tert-OH is 1. The van der Waals surface area contributed by atoms with Gasteiger partial charge in [0.15, 0.2) is 0 Å². The average Bonchev–Trinajstić information content (AvgIpc) is 2.44. The molecule has 0 saturated heterocycles. The number of carbonyl (C=O) groups is 1. The van der Waals surface area contributed by atoms with E-state index in [0.29, 0.717) is 22.3 Å². The van der Waals surface area contributed by atoms with Gasteiger partial charge in [-0.25, -0.2) is 0 Å². The number of rotatable bonds is 8. The zero-order valence-electron chi connectivity index (χ0n) is 12.4. The predicted molar refractivity (Wildman–Crippen MR) is 88.1 cm³/mol. The predicted octanol–water partition coefficient (Wildman–Crippen LogP) is 3.41. The van der Waals surface area contributed by atoms with E-state index in [-0.39, 0.29) is 25.1 Å². The molecule has 0 bridgehead atoms. The van der Waals surface area contributed by atoms with Gasteiger partial charge in [0.1, 0.15) is 0 Å². The topological polar surface area (TPSA) is 52.6 Å². The molecule has 0 aliphatic carbocycles. The van der Waals surface area contributed by atoms with E-state index in [1.807, 2.05) is 4.90 Å². The first-order valence-corrected chi connectivity index (χ1v) is 7.87. The third kappa shape index (κ3) is 5.83. The van der Waals surface area contributed by atoms with Crippen LogP contribution >= 0.6 is 23.2 Å². The summed E-state index contributed by atoms with van der Waals surface area (Å²) >= 11 is 11.8. The van der Waals surface area contributed by atoms with Crippen LogP contribution in [0.3, 0.4) is 0 Å². The minimum absolute atomic E-state index is 0.0382. The zero-order chi connectivity index (χ0) is 15.8. The summed E-state index contributed by atoms with van der Waals surface area (Å²) < 4.78 is 0. The molecule has 0 atom stereocenters. The molecule has 118 valence electrons. The molecule has 1 aromatic carbocycles. The number of amides is 1. The summed E-state index contributed by atoms with van der Waals surface area (Å²) in [5.41, 5.74) is 0.614. The third-order valence-corrected chi connectivity index (χ3v) is 4.14. The molecule has 0 radical (unpaired) electrons. The maximum Gasteiger partial charge on any atom is 0.238 e. The molecule has 4 nitrogen and oxygen atoms in total. The summed E-state index contributed by atoms with van der Waals surface area (Å²) in [7, 11) is 0. The van der Waals surface area contributed by atoms with E-state index in [2.05, 4.69) is 19.2 Å². The van der Waals surface area contributed by atoms with Crippen LogP contribution < -0.4 is 5.32 Å². The van der Waals surface area contributed by atoms with Crippen LogP contribution in [0.4, 0.5) is 5.69 Å². The van der Waals surface area contributed by atoms with Crippen LogP contribution in [0.25, 0.3) is 0 Å². The van der Waals surface area contributed by atoms with Crippen LogP contribution in [0.1, 0.15) is 26.7 Å². The summed E-state index contributed by atoms with van der Waals surface area (Å²) in [4.78, 5) is 14.1. The highest BCUT2D eigenvalue weighted by atomic mass is 35.5. The number of benzene rings is 1. The van der Waals surface area contributed by atoms with E-state index < -0.39 is 0 Å². The highest BCUT2D eigenvalue weighted by molar-refractivity contribution is 6.42. The van der Waals surface area contributed by atoms with Crippen LogP contribution in [0.5, 0.6) is 0 Å². The van der Waals surface area contributed by atoms with E-state index in [1.165, 1.54) is 0 Å². The third-order valence-electron chi connectivity index (χ3n) is 3.40. The standard InChI is InChI=1S/C15H22Cl2N2O2/c1-3-12(4-2)19(7-8-20)10-15(21)18-11-5-6-13(16)14(17)9-11/h5-6,9,12,20H,3-4,7-8,10H2,1-2H3,(H,18,21). The molecule has 0 aliphatic rings. The average molecular weight is 333 g/mol. The molecule has 0 heterocycles. The van der Waals surface area contributed by atoms with Crippen molar-refractivity contribution < 1.29 is 9.90 Å². The van der Waals surface area contributed by atoms with E-state index in [0.717, 1.165) is 12.8 Å². The van der Waals surface area contributed by atoms with E-state index in [9.17, 15) is 4.79 Å². The first-order chi connectivity index (χ1) is 10.0. The zero-order valence-corrected chi connectivity index (χ0v) is 13.9. The van der Waals surface area contributed by atoms with Crippen molar-refractivity contribution in [2.75, 3.05) is 25.0 Å². The molecule has 0 fully saturated rings. The Morgan fingerprint density at radius 2 is 1.95 bits per heavy atom. The Kier molecular flexibility index (Phi) is 8.04. The van der Waals surface area contributed by atoms with Gasteiger partial charge < -0.3 is 10.4 Å². The molecule has 0 aromatic heterocycles. The number of hydrogen-bond donors (Lipinski definition) is 2. The SMILES string of the molecule is CCC(CC)N(CCO)CC(=O)Nc1ccc(Cl)c(Cl)c1. The van der Waals surface area contributed by atoms with Gasteiger partial charge in [0, 0.05) is 18.3 Å². The van der Waals surface area contributed by atoms with Gasteiger partial charge >= 0.3 is 0 Å². The van der Waals surface area contributed by atoms with Crippen LogP contribution in [0, 0.1) is 0 Å². The number of halogens is 2. The van der Waals surface area contributed by atoms with Crippen LogP contribution in [0.15, 0.2) is 18.2 Å². The lowest BCUT2D eigenvalue weighted by atomic mass is 10.1. The fourth-order valence-corrected chi connectivity index (χ4v) is 2.58. The minimum Gasteiger partial charge on any atom is -0.395 e. The summed E-state index contributed by atoms with van der Waals surface area (Å²) in [6.07, 6.45) is 1.88. The number of aliphatic hydroxyl groups is 1. The number of anilines is 1. The molecule has 0 aliphatic heterocycles. The fourth-order valence-electron chi connectivity index (χ4n) is 2.28. The van der Waals surface area contributed by atoms with Crippen molar-refractivity contribution in [3.63, 3.8) is 0 Å². The molecular weight excluding hydrogens is 311 g/mol. The minimum atomic E-state index is -0.131. The fraction of sp³-hybridized carbons (Fsp3) is 0.533. The Balaban J connectivity index is 2.66. The molecule has 21 heavy (non-hydrogen) atoms. The van der Waals surface area contributed by atoms with E-state index in [1.54, 1.807) is 18.2 Å². The van der Waals surface area contributed by atoms with Crippen molar-refractivity contribution in [2.45, 2.75) is 32.7 Å². The monoisotopic (exact) mass is 332 g/mol. The number of carbonyl (C=O) groups excluding carboxylic acids is 1. The van der Waals surface area contributed by atoms with Crippen molar-refractivity contribution in [3.05, 3.63) is 28.2 Å². The van der Waals surface area contributed by atoms with Gasteiger partial charge in [-0.3, -0.25) is 9.69 Å². The molecule has 6 heteroatoms. The maximum atomic E-state index is 12.1. The largest absolute Gasteiger partial charge is 0.395 e. The molecule has 0 spiro atoms. The molecule has 0 unspecified atom stereocenters. The molecule has 1 rings (SSSR count). The molecule has 1 amide bonds. The first-order valence-electron chi connectivity index (χ1n) is 7.11. The lowest BCUT2D eigenvalue weighted by Crippen LogP contribution is -2.42. The first kappa shape index (κ1) is 18.2. The van der Waals surface area contributed by atoms with Crippen LogP contribution in [-0.2, 0) is 4.79 Å². The van der Waals surface area contributed by atoms with Crippen LogP contribution in [-0.4, -0.2) is 41.7 Å². The van der Waals surface area contributed by atoms with E-state index in [4.69, 9.17) is 28.3 Å². The van der Waals surface area contributed by atoms with Gasteiger partial charge in [0.05, 0.1) is 23.2 Å². The normalized spacial score (nSPS) is 11.2. The summed E-state index contributed by atoms with van der Waals surface area (Å²) in [5, 5.41) is 12.8. The molecule has 2 N–H and O–H groups in total. The van der Waals surface area contributed by atoms with Crippen molar-refractivity contribution >= 4 is 34.8 Å². The van der Waals surface area contributed by atoms with Gasteiger partial charge in [0.2, 0.25) is 5.91 Å². The smallest absolute Gasteiger partial charge is 0.238 e. The highest BCUT2D eigenvalue weighted by Gasteiger charge is 2.18. The molecule has 0 saturated carbocycles. The van der Waals surface area contributed by atoms with Gasteiger partial charge in [-0.2, -0.15) is 0 Å². The van der Waals surface area contributed by atoms with Gasteiger partial charge in [-0.1, -0.05) is 37.0 Å². The maximum absolute atomic E-state index is 12.1. The molecular formula is C15H22Cl2N2O2.